The molecule has 1 unspecified atom stereocenters. The maximum Gasteiger partial charge on any atom is 0.287 e. The maximum absolute atomic E-state index is 12.9. The molecule has 1 aromatic carbocycles. The second-order valence-corrected chi connectivity index (χ2v) is 8.52. The van der Waals surface area contributed by atoms with Crippen LogP contribution in [0.4, 0.5) is 0 Å². The third-order valence-electron chi connectivity index (χ3n) is 5.50. The fourth-order valence-electron chi connectivity index (χ4n) is 4.06. The van der Waals surface area contributed by atoms with Gasteiger partial charge < -0.3 is 18.9 Å². The van der Waals surface area contributed by atoms with Gasteiger partial charge in [-0.3, -0.25) is 9.59 Å². The number of fused-ring (bicyclic) bond motifs is 2. The third kappa shape index (κ3) is 3.33. The van der Waals surface area contributed by atoms with Gasteiger partial charge in [-0.15, -0.1) is 0 Å². The number of rotatable bonds is 4. The Hall–Kier alpha value is -3.02. The molecule has 1 aliphatic carbocycles. The highest BCUT2D eigenvalue weighted by molar-refractivity contribution is 6.03. The van der Waals surface area contributed by atoms with Crippen LogP contribution in [0.3, 0.4) is 0 Å². The van der Waals surface area contributed by atoms with Crippen molar-refractivity contribution in [2.75, 3.05) is 7.11 Å². The molecule has 0 spiro atoms. The summed E-state index contributed by atoms with van der Waals surface area (Å²) in [6, 6.07) is 7.15. The number of hydrogen-bond donors (Lipinski definition) is 1. The molecule has 1 aliphatic rings. The number of carbonyl (C=O) groups is 2. The van der Waals surface area contributed by atoms with Crippen LogP contribution in [0.1, 0.15) is 71.2 Å². The summed E-state index contributed by atoms with van der Waals surface area (Å²) in [5, 5.41) is 3.82. The highest BCUT2D eigenvalue weighted by Gasteiger charge is 2.37. The topological polar surface area (TPSA) is 81.7 Å². The number of methoxy groups -OCH3 is 1. The van der Waals surface area contributed by atoms with Crippen molar-refractivity contribution in [2.24, 2.45) is 5.41 Å². The second kappa shape index (κ2) is 6.79. The highest BCUT2D eigenvalue weighted by Crippen LogP contribution is 2.38. The molecule has 2 heterocycles. The van der Waals surface area contributed by atoms with E-state index in [1.165, 1.54) is 0 Å². The Morgan fingerprint density at radius 2 is 2.00 bits per heavy atom. The Balaban J connectivity index is 1.60. The van der Waals surface area contributed by atoms with E-state index in [2.05, 4.69) is 5.32 Å². The SMILES string of the molecule is COc1cccc2cc(C(C)NC(=O)c3oc4c(c3C)C(=O)CC(C)(C)C4)oc12. The molecule has 29 heavy (non-hydrogen) atoms. The zero-order valence-electron chi connectivity index (χ0n) is 17.3. The molecule has 6 nitrogen and oxygen atoms in total. The molecule has 0 saturated heterocycles. The van der Waals surface area contributed by atoms with Gasteiger partial charge in [-0.2, -0.15) is 0 Å². The van der Waals surface area contributed by atoms with Crippen LogP contribution in [0, 0.1) is 12.3 Å². The van der Waals surface area contributed by atoms with Crippen molar-refractivity contribution < 1.29 is 23.2 Å². The Morgan fingerprint density at radius 3 is 2.72 bits per heavy atom. The van der Waals surface area contributed by atoms with E-state index in [-0.39, 0.29) is 28.9 Å². The molecule has 0 saturated carbocycles. The summed E-state index contributed by atoms with van der Waals surface area (Å²) in [4.78, 5) is 25.4. The normalized spacial score (nSPS) is 16.5. The maximum atomic E-state index is 12.9. The summed E-state index contributed by atoms with van der Waals surface area (Å²) in [6.45, 7) is 7.67. The molecule has 2 aromatic heterocycles. The van der Waals surface area contributed by atoms with Gasteiger partial charge in [0.25, 0.3) is 5.91 Å². The predicted octanol–water partition coefficient (Wildman–Crippen LogP) is 4.99. The standard InChI is InChI=1S/C23H25NO5/c1-12-19-15(25)10-23(3,4)11-18(19)29-20(12)22(26)24-13(2)17-9-14-7-6-8-16(27-5)21(14)28-17/h6-9,13H,10-11H2,1-5H3,(H,24,26). The van der Waals surface area contributed by atoms with Gasteiger partial charge in [0.1, 0.15) is 11.5 Å². The van der Waals surface area contributed by atoms with Gasteiger partial charge in [-0.05, 0) is 31.4 Å². The minimum atomic E-state index is -0.381. The zero-order valence-corrected chi connectivity index (χ0v) is 17.3. The molecule has 152 valence electrons. The van der Waals surface area contributed by atoms with Gasteiger partial charge in [-0.1, -0.05) is 26.0 Å². The van der Waals surface area contributed by atoms with E-state index in [1.807, 2.05) is 45.0 Å². The van der Waals surface area contributed by atoms with Gasteiger partial charge in [0.2, 0.25) is 0 Å². The number of nitrogens with one attached hydrogen (secondary N) is 1. The number of Topliss-reactive ketones (excluding diaryl/α,β-unsaturated/α-hetero) is 1. The van der Waals surface area contributed by atoms with E-state index in [0.29, 0.717) is 46.8 Å². The Morgan fingerprint density at radius 1 is 1.24 bits per heavy atom. The first-order valence-corrected chi connectivity index (χ1v) is 9.73. The summed E-state index contributed by atoms with van der Waals surface area (Å²) in [5.74, 6) is 1.74. The predicted molar refractivity (Wildman–Crippen MR) is 109 cm³/mol. The van der Waals surface area contributed by atoms with Crippen LogP contribution in [0.15, 0.2) is 33.1 Å². The number of ketones is 1. The minimum absolute atomic E-state index is 0.0361. The van der Waals surface area contributed by atoms with E-state index in [1.54, 1.807) is 14.0 Å². The highest BCUT2D eigenvalue weighted by atomic mass is 16.5. The summed E-state index contributed by atoms with van der Waals surface area (Å²) < 4.78 is 17.1. The number of furan rings is 2. The average molecular weight is 395 g/mol. The van der Waals surface area contributed by atoms with Gasteiger partial charge >= 0.3 is 0 Å². The summed E-state index contributed by atoms with van der Waals surface area (Å²) in [7, 11) is 1.59. The molecule has 0 fully saturated rings. The van der Waals surface area contributed by atoms with Crippen LogP contribution in [0.5, 0.6) is 5.75 Å². The van der Waals surface area contributed by atoms with Crippen molar-refractivity contribution in [2.45, 2.75) is 46.6 Å². The lowest BCUT2D eigenvalue weighted by atomic mass is 9.76. The summed E-state index contributed by atoms with van der Waals surface area (Å²) in [5.41, 5.74) is 1.65. The first kappa shape index (κ1) is 19.3. The van der Waals surface area contributed by atoms with Crippen LogP contribution < -0.4 is 10.1 Å². The van der Waals surface area contributed by atoms with Crippen molar-refractivity contribution >= 4 is 22.7 Å². The Kier molecular flexibility index (Phi) is 4.52. The third-order valence-corrected chi connectivity index (χ3v) is 5.50. The quantitative estimate of drug-likeness (QED) is 0.673. The van der Waals surface area contributed by atoms with Crippen LogP contribution in [-0.4, -0.2) is 18.8 Å². The fraction of sp³-hybridized carbons (Fsp3) is 0.391. The van der Waals surface area contributed by atoms with Gasteiger partial charge in [0, 0.05) is 23.8 Å². The number of ether oxygens (including phenoxy) is 1. The smallest absolute Gasteiger partial charge is 0.287 e. The van der Waals surface area contributed by atoms with E-state index in [0.717, 1.165) is 5.39 Å². The molecule has 0 radical (unpaired) electrons. The number of carbonyl (C=O) groups excluding carboxylic acids is 2. The lowest BCUT2D eigenvalue weighted by Gasteiger charge is -2.27. The molecule has 6 heteroatoms. The Labute approximate surface area is 169 Å². The molecule has 1 N–H and O–H groups in total. The summed E-state index contributed by atoms with van der Waals surface area (Å²) >= 11 is 0. The van der Waals surface area contributed by atoms with E-state index >= 15 is 0 Å². The van der Waals surface area contributed by atoms with Crippen molar-refractivity contribution in [3.63, 3.8) is 0 Å². The molecule has 1 atom stereocenters. The molecule has 0 bridgehead atoms. The van der Waals surface area contributed by atoms with Crippen LogP contribution in [-0.2, 0) is 6.42 Å². The zero-order chi connectivity index (χ0) is 20.9. The van der Waals surface area contributed by atoms with E-state index < -0.39 is 0 Å². The van der Waals surface area contributed by atoms with Crippen molar-refractivity contribution in [3.05, 3.63) is 52.7 Å². The first-order valence-electron chi connectivity index (χ1n) is 9.73. The van der Waals surface area contributed by atoms with Gasteiger partial charge in [-0.25, -0.2) is 0 Å². The largest absolute Gasteiger partial charge is 0.493 e. The number of hydrogen-bond acceptors (Lipinski definition) is 5. The Bertz CT molecular complexity index is 1120. The fourth-order valence-corrected chi connectivity index (χ4v) is 4.06. The average Bonchev–Trinajstić information content (AvgIpc) is 3.21. The molecule has 4 rings (SSSR count). The van der Waals surface area contributed by atoms with Crippen molar-refractivity contribution in [1.29, 1.82) is 0 Å². The molecule has 3 aromatic rings. The molecule has 0 aliphatic heterocycles. The van der Waals surface area contributed by atoms with Crippen molar-refractivity contribution in [1.82, 2.24) is 5.32 Å². The van der Waals surface area contributed by atoms with Crippen molar-refractivity contribution in [3.8, 4) is 5.75 Å². The first-order chi connectivity index (χ1) is 13.7. The lowest BCUT2D eigenvalue weighted by Crippen LogP contribution is -2.27. The summed E-state index contributed by atoms with van der Waals surface area (Å²) in [6.07, 6.45) is 1.10. The van der Waals surface area contributed by atoms with Crippen LogP contribution in [0.2, 0.25) is 0 Å². The monoisotopic (exact) mass is 395 g/mol. The van der Waals surface area contributed by atoms with Gasteiger partial charge in [0.05, 0.1) is 18.7 Å². The number of amides is 1. The van der Waals surface area contributed by atoms with E-state index in [4.69, 9.17) is 13.6 Å². The molecular weight excluding hydrogens is 370 g/mol. The van der Waals surface area contributed by atoms with E-state index in [9.17, 15) is 9.59 Å². The van der Waals surface area contributed by atoms with Crippen LogP contribution >= 0.6 is 0 Å². The lowest BCUT2D eigenvalue weighted by molar-refractivity contribution is 0.0882. The number of benzene rings is 1. The second-order valence-electron chi connectivity index (χ2n) is 8.52. The van der Waals surface area contributed by atoms with Crippen LogP contribution in [0.25, 0.3) is 11.0 Å². The molecular formula is C23H25NO5. The van der Waals surface area contributed by atoms with Gasteiger partial charge in [0.15, 0.2) is 22.9 Å². The molecule has 1 amide bonds. The number of para-hydroxylation sites is 1. The minimum Gasteiger partial charge on any atom is -0.493 e.